The van der Waals surface area contributed by atoms with Crippen LogP contribution in [0.15, 0.2) is 36.4 Å². The maximum absolute atomic E-state index is 13.8. The van der Waals surface area contributed by atoms with Crippen LogP contribution in [-0.2, 0) is 32.7 Å². The monoisotopic (exact) mass is 437 g/mol. The number of carbonyl (C=O) groups excluding carboxylic acids is 2. The lowest BCUT2D eigenvalue weighted by atomic mass is 9.64. The molecule has 1 aliphatic carbocycles. The van der Waals surface area contributed by atoms with Gasteiger partial charge in [-0.1, -0.05) is 24.3 Å². The average molecular weight is 437 g/mol. The number of hydrogen-bond donors (Lipinski definition) is 1. The van der Waals surface area contributed by atoms with Crippen molar-refractivity contribution in [3.05, 3.63) is 58.7 Å². The molecular weight excluding hydrogens is 410 g/mol. The number of rotatable bonds is 4. The van der Waals surface area contributed by atoms with Gasteiger partial charge in [0.05, 0.1) is 26.4 Å². The van der Waals surface area contributed by atoms with Crippen molar-refractivity contribution < 1.29 is 28.9 Å². The molecule has 0 radical (unpaired) electrons. The molecule has 168 valence electrons. The summed E-state index contributed by atoms with van der Waals surface area (Å²) in [5.74, 6) is -0.422. The van der Waals surface area contributed by atoms with E-state index >= 15 is 0 Å². The van der Waals surface area contributed by atoms with Crippen molar-refractivity contribution in [2.24, 2.45) is 5.92 Å². The second kappa shape index (κ2) is 7.24. The normalized spacial score (nSPS) is 27.7. The molecule has 5 rings (SSSR count). The summed E-state index contributed by atoms with van der Waals surface area (Å²) in [5, 5.41) is 11.3. The van der Waals surface area contributed by atoms with Crippen LogP contribution in [0.2, 0.25) is 0 Å². The Morgan fingerprint density at radius 3 is 2.56 bits per heavy atom. The highest BCUT2D eigenvalue weighted by atomic mass is 16.6. The quantitative estimate of drug-likeness (QED) is 0.583. The van der Waals surface area contributed by atoms with E-state index in [1.807, 2.05) is 24.3 Å². The molecule has 3 atom stereocenters. The molecule has 2 heterocycles. The summed E-state index contributed by atoms with van der Waals surface area (Å²) in [6.45, 7) is 2.15. The first-order chi connectivity index (χ1) is 15.4. The van der Waals surface area contributed by atoms with Crippen LogP contribution < -0.4 is 9.47 Å². The van der Waals surface area contributed by atoms with Crippen LogP contribution in [-0.4, -0.2) is 54.9 Å². The fraction of sp³-hybridized carbons (Fsp3) is 0.440. The molecule has 1 spiro atoms. The Morgan fingerprint density at radius 2 is 1.84 bits per heavy atom. The maximum Gasteiger partial charge on any atom is 0.348 e. The molecule has 2 aromatic rings. The van der Waals surface area contributed by atoms with Crippen LogP contribution in [0.25, 0.3) is 0 Å². The van der Waals surface area contributed by atoms with Crippen LogP contribution in [0, 0.1) is 5.92 Å². The van der Waals surface area contributed by atoms with Gasteiger partial charge in [-0.05, 0) is 60.1 Å². The molecule has 2 aliphatic heterocycles. The van der Waals surface area contributed by atoms with Crippen molar-refractivity contribution in [1.29, 1.82) is 0 Å². The zero-order valence-electron chi connectivity index (χ0n) is 18.5. The summed E-state index contributed by atoms with van der Waals surface area (Å²) in [5.41, 5.74) is 1.24. The number of esters is 1. The average Bonchev–Trinajstić information content (AvgIpc) is 3.12. The van der Waals surface area contributed by atoms with E-state index in [0.29, 0.717) is 30.9 Å². The van der Waals surface area contributed by atoms with Crippen LogP contribution >= 0.6 is 0 Å². The first kappa shape index (κ1) is 20.8. The molecule has 1 amide bonds. The van der Waals surface area contributed by atoms with Crippen molar-refractivity contribution in [3.8, 4) is 11.5 Å². The van der Waals surface area contributed by atoms with Crippen molar-refractivity contribution in [3.63, 3.8) is 0 Å². The molecule has 2 aromatic carbocycles. The number of carbonyl (C=O) groups is 2. The number of fused-ring (bicyclic) bond motifs is 2. The zero-order valence-corrected chi connectivity index (χ0v) is 18.5. The number of amides is 1. The molecule has 0 bridgehead atoms. The lowest BCUT2D eigenvalue weighted by Crippen LogP contribution is -2.69. The first-order valence-corrected chi connectivity index (χ1v) is 11.0. The summed E-state index contributed by atoms with van der Waals surface area (Å²) in [6, 6.07) is 12.0. The molecule has 7 heteroatoms. The molecule has 1 saturated heterocycles. The molecule has 32 heavy (non-hydrogen) atoms. The van der Waals surface area contributed by atoms with Crippen LogP contribution in [0.5, 0.6) is 11.5 Å². The molecule has 3 aliphatic rings. The fourth-order valence-electron chi connectivity index (χ4n) is 6.04. The topological polar surface area (TPSA) is 85.3 Å². The number of aliphatic hydroxyl groups is 1. The van der Waals surface area contributed by atoms with Gasteiger partial charge in [-0.3, -0.25) is 4.79 Å². The van der Waals surface area contributed by atoms with Gasteiger partial charge in [-0.15, -0.1) is 0 Å². The Balaban J connectivity index is 1.76. The van der Waals surface area contributed by atoms with Gasteiger partial charge >= 0.3 is 5.97 Å². The highest BCUT2D eigenvalue weighted by Crippen LogP contribution is 2.59. The predicted octanol–water partition coefficient (Wildman–Crippen LogP) is 2.20. The first-order valence-electron chi connectivity index (χ1n) is 11.0. The zero-order chi connectivity index (χ0) is 22.7. The molecule has 1 N–H and O–H groups in total. The summed E-state index contributed by atoms with van der Waals surface area (Å²) >= 11 is 0. The van der Waals surface area contributed by atoms with Gasteiger partial charge in [-0.25, -0.2) is 4.79 Å². The minimum atomic E-state index is -2.18. The minimum Gasteiger partial charge on any atom is -0.493 e. The molecular formula is C25H27NO6. The number of benzene rings is 2. The Kier molecular flexibility index (Phi) is 4.71. The molecule has 1 fully saturated rings. The minimum absolute atomic E-state index is 0.00360. The molecule has 7 nitrogen and oxygen atoms in total. The molecule has 0 unspecified atom stereocenters. The Hall–Kier alpha value is -3.06. The van der Waals surface area contributed by atoms with Gasteiger partial charge < -0.3 is 24.2 Å². The molecule has 0 saturated carbocycles. The number of nitrogens with zero attached hydrogens (tertiary/aromatic N) is 1. The smallest absolute Gasteiger partial charge is 0.348 e. The van der Waals surface area contributed by atoms with E-state index in [4.69, 9.17) is 14.2 Å². The SMILES string of the molecule is CCOC(=O)[C@@]1(O)C[C@@H]2Cc3ccccc3[C@@]23c2cc(OC)c(OC)cc2CCN3C1=O. The summed E-state index contributed by atoms with van der Waals surface area (Å²) in [6.07, 6.45) is 1.23. The van der Waals surface area contributed by atoms with Gasteiger partial charge in [0.15, 0.2) is 11.5 Å². The van der Waals surface area contributed by atoms with Crippen molar-refractivity contribution in [2.75, 3.05) is 27.4 Å². The lowest BCUT2D eigenvalue weighted by Gasteiger charge is -2.56. The van der Waals surface area contributed by atoms with E-state index < -0.39 is 23.0 Å². The highest BCUT2D eigenvalue weighted by molar-refractivity contribution is 6.07. The number of hydrogen-bond acceptors (Lipinski definition) is 6. The second-order valence-electron chi connectivity index (χ2n) is 8.68. The van der Waals surface area contributed by atoms with E-state index in [1.165, 1.54) is 0 Å². The van der Waals surface area contributed by atoms with E-state index in [9.17, 15) is 14.7 Å². The molecule has 0 aromatic heterocycles. The predicted molar refractivity (Wildman–Crippen MR) is 116 cm³/mol. The second-order valence-corrected chi connectivity index (χ2v) is 8.68. The Labute approximate surface area is 186 Å². The third-order valence-corrected chi connectivity index (χ3v) is 7.29. The standard InChI is InChI=1S/C25H27NO6/c1-4-32-23(28)24(29)14-17-11-15-7-5-6-8-18(15)25(17)19-13-21(31-3)20(30-2)12-16(19)9-10-26(25)22(24)27/h5-8,12-13,17,29H,4,9-11,14H2,1-3H3/t17-,24+,25+/m0/s1. The number of methoxy groups -OCH3 is 2. The number of piperidine rings is 1. The van der Waals surface area contributed by atoms with Gasteiger partial charge in [0, 0.05) is 13.0 Å². The van der Waals surface area contributed by atoms with Gasteiger partial charge in [-0.2, -0.15) is 0 Å². The van der Waals surface area contributed by atoms with E-state index in [2.05, 4.69) is 12.1 Å². The third kappa shape index (κ3) is 2.51. The van der Waals surface area contributed by atoms with Crippen LogP contribution in [0.3, 0.4) is 0 Å². The van der Waals surface area contributed by atoms with Crippen LogP contribution in [0.1, 0.15) is 35.6 Å². The van der Waals surface area contributed by atoms with Crippen molar-refractivity contribution >= 4 is 11.9 Å². The van der Waals surface area contributed by atoms with Crippen molar-refractivity contribution in [2.45, 2.75) is 37.3 Å². The van der Waals surface area contributed by atoms with E-state index in [1.54, 1.807) is 26.0 Å². The summed E-state index contributed by atoms with van der Waals surface area (Å²) in [4.78, 5) is 28.2. The Bertz CT molecular complexity index is 1110. The van der Waals surface area contributed by atoms with Gasteiger partial charge in [0.25, 0.3) is 5.91 Å². The number of ether oxygens (including phenoxy) is 3. The van der Waals surface area contributed by atoms with Gasteiger partial charge in [0.2, 0.25) is 5.60 Å². The van der Waals surface area contributed by atoms with Crippen molar-refractivity contribution in [1.82, 2.24) is 4.90 Å². The largest absolute Gasteiger partial charge is 0.493 e. The summed E-state index contributed by atoms with van der Waals surface area (Å²) < 4.78 is 16.2. The maximum atomic E-state index is 13.8. The summed E-state index contributed by atoms with van der Waals surface area (Å²) in [7, 11) is 3.20. The van der Waals surface area contributed by atoms with Gasteiger partial charge in [0.1, 0.15) is 0 Å². The fourth-order valence-corrected chi connectivity index (χ4v) is 6.04. The third-order valence-electron chi connectivity index (χ3n) is 7.29. The highest BCUT2D eigenvalue weighted by Gasteiger charge is 2.66. The Morgan fingerprint density at radius 1 is 1.12 bits per heavy atom. The lowest BCUT2D eigenvalue weighted by molar-refractivity contribution is -0.191. The van der Waals surface area contributed by atoms with Crippen LogP contribution in [0.4, 0.5) is 0 Å². The van der Waals surface area contributed by atoms with E-state index in [0.717, 1.165) is 22.3 Å². The van der Waals surface area contributed by atoms with E-state index in [-0.39, 0.29) is 18.9 Å².